The first-order valence-corrected chi connectivity index (χ1v) is 9.70. The van der Waals surface area contributed by atoms with Gasteiger partial charge in [-0.1, -0.05) is 27.7 Å². The van der Waals surface area contributed by atoms with E-state index >= 15 is 0 Å². The summed E-state index contributed by atoms with van der Waals surface area (Å²) in [6.07, 6.45) is 3.03. The average Bonchev–Trinajstić information content (AvgIpc) is 2.75. The summed E-state index contributed by atoms with van der Waals surface area (Å²) in [7, 11) is -0.708. The highest BCUT2D eigenvalue weighted by Crippen LogP contribution is 2.29. The van der Waals surface area contributed by atoms with Crippen LogP contribution in [-0.2, 0) is 9.84 Å². The smallest absolute Gasteiger partial charge is 0.151 e. The Labute approximate surface area is 125 Å². The largest absolute Gasteiger partial charge is 0.314 e. The van der Waals surface area contributed by atoms with Crippen LogP contribution in [0.4, 0.5) is 0 Å². The SMILES string of the molecule is CCC(CC)(CNC(C)C)CN(C)C1CCS(=O)(=O)C1. The van der Waals surface area contributed by atoms with Crippen molar-refractivity contribution in [2.24, 2.45) is 5.41 Å². The minimum absolute atomic E-state index is 0.205. The molecule has 0 aromatic rings. The minimum Gasteiger partial charge on any atom is -0.314 e. The second kappa shape index (κ2) is 7.23. The fourth-order valence-corrected chi connectivity index (χ4v) is 4.79. The molecule has 5 heteroatoms. The lowest BCUT2D eigenvalue weighted by molar-refractivity contribution is 0.127. The van der Waals surface area contributed by atoms with Gasteiger partial charge in [-0.05, 0) is 31.7 Å². The molecule has 0 aromatic heterocycles. The van der Waals surface area contributed by atoms with Gasteiger partial charge in [-0.15, -0.1) is 0 Å². The summed E-state index contributed by atoms with van der Waals surface area (Å²) in [6, 6.07) is 0.696. The van der Waals surface area contributed by atoms with Crippen molar-refractivity contribution in [3.8, 4) is 0 Å². The number of nitrogens with one attached hydrogen (secondary N) is 1. The maximum absolute atomic E-state index is 11.6. The van der Waals surface area contributed by atoms with E-state index in [-0.39, 0.29) is 11.5 Å². The zero-order valence-corrected chi connectivity index (χ0v) is 14.6. The third-order valence-electron chi connectivity index (χ3n) is 4.80. The molecular weight excluding hydrogens is 272 g/mol. The first-order chi connectivity index (χ1) is 9.23. The molecule has 1 aliphatic heterocycles. The van der Waals surface area contributed by atoms with E-state index in [4.69, 9.17) is 0 Å². The molecule has 1 fully saturated rings. The summed E-state index contributed by atoms with van der Waals surface area (Å²) in [6.45, 7) is 10.8. The molecule has 0 amide bonds. The van der Waals surface area contributed by atoms with E-state index in [1.165, 1.54) is 0 Å². The van der Waals surface area contributed by atoms with Gasteiger partial charge in [0.15, 0.2) is 9.84 Å². The van der Waals surface area contributed by atoms with Gasteiger partial charge in [0, 0.05) is 25.2 Å². The van der Waals surface area contributed by atoms with Crippen LogP contribution in [0.25, 0.3) is 0 Å². The van der Waals surface area contributed by atoms with Crippen molar-refractivity contribution in [3.63, 3.8) is 0 Å². The summed E-state index contributed by atoms with van der Waals surface area (Å²) < 4.78 is 23.3. The monoisotopic (exact) mass is 304 g/mol. The van der Waals surface area contributed by atoms with Crippen molar-refractivity contribution < 1.29 is 8.42 Å². The van der Waals surface area contributed by atoms with Gasteiger partial charge in [-0.2, -0.15) is 0 Å². The molecule has 4 nitrogen and oxygen atoms in total. The Morgan fingerprint density at radius 1 is 1.30 bits per heavy atom. The van der Waals surface area contributed by atoms with E-state index in [9.17, 15) is 8.42 Å². The Kier molecular flexibility index (Phi) is 6.48. The molecule has 0 bridgehead atoms. The number of rotatable bonds is 8. The number of hydrogen-bond donors (Lipinski definition) is 1. The third-order valence-corrected chi connectivity index (χ3v) is 6.55. The molecule has 1 aliphatic rings. The molecule has 1 rings (SSSR count). The topological polar surface area (TPSA) is 49.4 Å². The fraction of sp³-hybridized carbons (Fsp3) is 1.00. The van der Waals surface area contributed by atoms with Crippen molar-refractivity contribution in [3.05, 3.63) is 0 Å². The zero-order valence-electron chi connectivity index (χ0n) is 13.8. The first kappa shape index (κ1) is 17.9. The molecule has 1 atom stereocenters. The summed E-state index contributed by atoms with van der Waals surface area (Å²) in [4.78, 5) is 2.28. The molecule has 1 heterocycles. The molecular formula is C15H32N2O2S. The quantitative estimate of drug-likeness (QED) is 0.744. The summed E-state index contributed by atoms with van der Waals surface area (Å²) in [5, 5.41) is 3.56. The van der Waals surface area contributed by atoms with Gasteiger partial charge < -0.3 is 10.2 Å². The molecule has 0 saturated carbocycles. The van der Waals surface area contributed by atoms with Crippen LogP contribution in [0, 0.1) is 5.41 Å². The fourth-order valence-electron chi connectivity index (χ4n) is 2.98. The molecule has 1 N–H and O–H groups in total. The van der Waals surface area contributed by atoms with Crippen LogP contribution in [0.15, 0.2) is 0 Å². The van der Waals surface area contributed by atoms with Gasteiger partial charge in [-0.3, -0.25) is 0 Å². The second-order valence-electron chi connectivity index (χ2n) is 6.71. The van der Waals surface area contributed by atoms with Crippen LogP contribution in [0.1, 0.15) is 47.0 Å². The van der Waals surface area contributed by atoms with E-state index < -0.39 is 9.84 Å². The zero-order chi connectivity index (χ0) is 15.4. The van der Waals surface area contributed by atoms with Crippen molar-refractivity contribution in [1.82, 2.24) is 10.2 Å². The van der Waals surface area contributed by atoms with Crippen molar-refractivity contribution in [2.75, 3.05) is 31.6 Å². The maximum Gasteiger partial charge on any atom is 0.151 e. The van der Waals surface area contributed by atoms with Crippen molar-refractivity contribution in [1.29, 1.82) is 0 Å². The van der Waals surface area contributed by atoms with Gasteiger partial charge in [0.05, 0.1) is 11.5 Å². The molecule has 0 aliphatic carbocycles. The normalized spacial score (nSPS) is 22.9. The first-order valence-electron chi connectivity index (χ1n) is 7.87. The lowest BCUT2D eigenvalue weighted by Gasteiger charge is -2.38. The summed E-state index contributed by atoms with van der Waals surface area (Å²) in [5.74, 6) is 0.697. The molecule has 20 heavy (non-hydrogen) atoms. The van der Waals surface area contributed by atoms with Gasteiger partial charge in [0.2, 0.25) is 0 Å². The van der Waals surface area contributed by atoms with E-state index in [0.717, 1.165) is 32.4 Å². The van der Waals surface area contributed by atoms with E-state index in [1.807, 2.05) is 0 Å². The second-order valence-corrected chi connectivity index (χ2v) is 8.94. The summed E-state index contributed by atoms with van der Waals surface area (Å²) >= 11 is 0. The van der Waals surface area contributed by atoms with Crippen LogP contribution >= 0.6 is 0 Å². The van der Waals surface area contributed by atoms with Crippen molar-refractivity contribution >= 4 is 9.84 Å². The summed E-state index contributed by atoms with van der Waals surface area (Å²) in [5.41, 5.74) is 0.241. The van der Waals surface area contributed by atoms with E-state index in [0.29, 0.717) is 17.5 Å². The Bertz CT molecular complexity index is 389. The maximum atomic E-state index is 11.6. The van der Waals surface area contributed by atoms with Gasteiger partial charge in [-0.25, -0.2) is 8.42 Å². The van der Waals surface area contributed by atoms with Gasteiger partial charge in [0.25, 0.3) is 0 Å². The van der Waals surface area contributed by atoms with Gasteiger partial charge in [0.1, 0.15) is 0 Å². The van der Waals surface area contributed by atoms with Crippen LogP contribution < -0.4 is 5.32 Å². The minimum atomic E-state index is -2.79. The predicted molar refractivity (Wildman–Crippen MR) is 85.8 cm³/mol. The molecule has 120 valence electrons. The number of nitrogens with zero attached hydrogens (tertiary/aromatic N) is 1. The van der Waals surface area contributed by atoms with Crippen LogP contribution in [-0.4, -0.2) is 57.0 Å². The molecule has 1 saturated heterocycles. The number of hydrogen-bond acceptors (Lipinski definition) is 4. The number of sulfone groups is 1. The molecule has 0 spiro atoms. The molecule has 0 radical (unpaired) electrons. The van der Waals surface area contributed by atoms with Crippen LogP contribution in [0.5, 0.6) is 0 Å². The van der Waals surface area contributed by atoms with Crippen molar-refractivity contribution in [2.45, 2.75) is 59.0 Å². The highest BCUT2D eigenvalue weighted by atomic mass is 32.2. The van der Waals surface area contributed by atoms with Crippen LogP contribution in [0.2, 0.25) is 0 Å². The van der Waals surface area contributed by atoms with E-state index in [2.05, 4.69) is 45.0 Å². The molecule has 0 aromatic carbocycles. The lowest BCUT2D eigenvalue weighted by atomic mass is 9.81. The Hall–Kier alpha value is -0.130. The Balaban J connectivity index is 2.65. The Morgan fingerprint density at radius 3 is 2.30 bits per heavy atom. The lowest BCUT2D eigenvalue weighted by Crippen LogP contribution is -2.47. The highest BCUT2D eigenvalue weighted by Gasteiger charge is 2.35. The van der Waals surface area contributed by atoms with Gasteiger partial charge >= 0.3 is 0 Å². The third kappa shape index (κ3) is 5.01. The molecule has 1 unspecified atom stereocenters. The average molecular weight is 305 g/mol. The Morgan fingerprint density at radius 2 is 1.90 bits per heavy atom. The predicted octanol–water partition coefficient (Wildman–Crippen LogP) is 1.91. The van der Waals surface area contributed by atoms with E-state index in [1.54, 1.807) is 0 Å². The van der Waals surface area contributed by atoms with Crippen LogP contribution in [0.3, 0.4) is 0 Å². The standard InChI is InChI=1S/C15H32N2O2S/c1-6-15(7-2,11-16-13(3)4)12-17(5)14-8-9-20(18,19)10-14/h13-14,16H,6-12H2,1-5H3. The highest BCUT2D eigenvalue weighted by molar-refractivity contribution is 7.91.